The molecule has 1 saturated heterocycles. The number of aromatic amines is 1. The van der Waals surface area contributed by atoms with Gasteiger partial charge in [0.15, 0.2) is 0 Å². The van der Waals surface area contributed by atoms with E-state index in [0.29, 0.717) is 19.0 Å². The summed E-state index contributed by atoms with van der Waals surface area (Å²) in [5, 5.41) is 10.1. The van der Waals surface area contributed by atoms with Crippen LogP contribution in [0.4, 0.5) is 0 Å². The van der Waals surface area contributed by atoms with Gasteiger partial charge in [-0.3, -0.25) is 9.89 Å². The van der Waals surface area contributed by atoms with Gasteiger partial charge in [0.25, 0.3) is 0 Å². The van der Waals surface area contributed by atoms with Crippen molar-refractivity contribution < 1.29 is 4.79 Å². The van der Waals surface area contributed by atoms with Gasteiger partial charge < -0.3 is 10.2 Å². The van der Waals surface area contributed by atoms with E-state index in [2.05, 4.69) is 27.3 Å². The van der Waals surface area contributed by atoms with Crippen LogP contribution >= 0.6 is 0 Å². The first kappa shape index (κ1) is 15.0. The Bertz CT molecular complexity index is 429. The Kier molecular flexibility index (Phi) is 5.17. The molecule has 112 valence electrons. The summed E-state index contributed by atoms with van der Waals surface area (Å²) in [6, 6.07) is 0.514. The minimum absolute atomic E-state index is 0.135. The second kappa shape index (κ2) is 6.88. The summed E-state index contributed by atoms with van der Waals surface area (Å²) in [5.74, 6) is 0.135. The highest BCUT2D eigenvalue weighted by molar-refractivity contribution is 5.75. The molecule has 1 aromatic heterocycles. The monoisotopic (exact) mass is 278 g/mol. The van der Waals surface area contributed by atoms with E-state index in [0.717, 1.165) is 23.4 Å². The van der Waals surface area contributed by atoms with Gasteiger partial charge in [0.2, 0.25) is 5.91 Å². The van der Waals surface area contributed by atoms with Gasteiger partial charge >= 0.3 is 0 Å². The molecule has 2 rings (SSSR count). The number of amides is 1. The molecule has 0 aromatic carbocycles. The molecule has 2 N–H and O–H groups in total. The summed E-state index contributed by atoms with van der Waals surface area (Å²) in [7, 11) is 0. The smallest absolute Gasteiger partial charge is 0.220 e. The molecule has 2 heterocycles. The van der Waals surface area contributed by atoms with Crippen LogP contribution in [-0.2, 0) is 11.3 Å². The van der Waals surface area contributed by atoms with Gasteiger partial charge in [-0.2, -0.15) is 5.10 Å². The van der Waals surface area contributed by atoms with Crippen molar-refractivity contribution in [2.24, 2.45) is 0 Å². The van der Waals surface area contributed by atoms with Crippen molar-refractivity contribution in [3.8, 4) is 0 Å². The molecule has 0 saturated carbocycles. The number of hydrogen-bond donors (Lipinski definition) is 2. The number of hydrogen-bond acceptors (Lipinski definition) is 3. The van der Waals surface area contributed by atoms with Crippen molar-refractivity contribution in [2.45, 2.75) is 59.0 Å². The number of aryl methyl sites for hydroxylation is 2. The second-order valence-corrected chi connectivity index (χ2v) is 5.82. The molecule has 1 aromatic rings. The van der Waals surface area contributed by atoms with Crippen molar-refractivity contribution in [2.75, 3.05) is 13.1 Å². The highest BCUT2D eigenvalue weighted by atomic mass is 16.1. The Morgan fingerprint density at radius 1 is 1.40 bits per heavy atom. The molecule has 1 atom stereocenters. The zero-order valence-electron chi connectivity index (χ0n) is 12.8. The van der Waals surface area contributed by atoms with Crippen molar-refractivity contribution >= 4 is 5.91 Å². The topological polar surface area (TPSA) is 61.0 Å². The molecule has 1 aliphatic heterocycles. The van der Waals surface area contributed by atoms with Gasteiger partial charge in [-0.05, 0) is 53.1 Å². The largest absolute Gasteiger partial charge is 0.352 e. The Labute approximate surface area is 121 Å². The lowest BCUT2D eigenvalue weighted by Crippen LogP contribution is -2.32. The first-order chi connectivity index (χ1) is 9.58. The predicted octanol–water partition coefficient (Wildman–Crippen LogP) is 1.91. The zero-order valence-corrected chi connectivity index (χ0v) is 12.8. The average molecular weight is 278 g/mol. The van der Waals surface area contributed by atoms with E-state index in [1.807, 2.05) is 13.8 Å². The van der Waals surface area contributed by atoms with Crippen LogP contribution in [0.15, 0.2) is 0 Å². The number of rotatable bonds is 6. The van der Waals surface area contributed by atoms with Crippen LogP contribution in [0.3, 0.4) is 0 Å². The molecule has 0 aliphatic carbocycles. The summed E-state index contributed by atoms with van der Waals surface area (Å²) in [5.41, 5.74) is 3.10. The van der Waals surface area contributed by atoms with Crippen LogP contribution in [-0.4, -0.2) is 40.1 Å². The second-order valence-electron chi connectivity index (χ2n) is 5.82. The third-order valence-electron chi connectivity index (χ3n) is 4.30. The summed E-state index contributed by atoms with van der Waals surface area (Å²) >= 11 is 0. The van der Waals surface area contributed by atoms with Crippen LogP contribution in [0.1, 0.15) is 49.6 Å². The molecule has 5 nitrogen and oxygen atoms in total. The molecule has 5 heteroatoms. The van der Waals surface area contributed by atoms with Gasteiger partial charge in [0, 0.05) is 30.3 Å². The fourth-order valence-electron chi connectivity index (χ4n) is 2.81. The van der Waals surface area contributed by atoms with E-state index >= 15 is 0 Å². The molecule has 20 heavy (non-hydrogen) atoms. The standard InChI is InChI=1S/C15H26N4O/c1-11(19-8-4-5-9-19)6-7-15(20)16-10-14-12(2)17-18-13(14)3/h11H,4-10H2,1-3H3,(H,16,20)(H,17,18). The SMILES string of the molecule is Cc1n[nH]c(C)c1CNC(=O)CCC(C)N1CCCC1. The Balaban J connectivity index is 1.70. The van der Waals surface area contributed by atoms with Crippen molar-refractivity contribution in [3.63, 3.8) is 0 Å². The lowest BCUT2D eigenvalue weighted by atomic mass is 10.1. The normalized spacial score (nSPS) is 17.4. The van der Waals surface area contributed by atoms with Gasteiger partial charge in [-0.1, -0.05) is 0 Å². The quantitative estimate of drug-likeness (QED) is 0.835. The lowest BCUT2D eigenvalue weighted by molar-refractivity contribution is -0.121. The number of carbonyl (C=O) groups excluding carboxylic acids is 1. The third kappa shape index (κ3) is 3.82. The van der Waals surface area contributed by atoms with Crippen LogP contribution in [0.2, 0.25) is 0 Å². The fourth-order valence-corrected chi connectivity index (χ4v) is 2.81. The number of H-pyrrole nitrogens is 1. The Hall–Kier alpha value is -1.36. The van der Waals surface area contributed by atoms with Crippen LogP contribution in [0, 0.1) is 13.8 Å². The van der Waals surface area contributed by atoms with Crippen molar-refractivity contribution in [3.05, 3.63) is 17.0 Å². The third-order valence-corrected chi connectivity index (χ3v) is 4.30. The highest BCUT2D eigenvalue weighted by Gasteiger charge is 2.18. The van der Waals surface area contributed by atoms with Crippen molar-refractivity contribution in [1.29, 1.82) is 0 Å². The first-order valence-electron chi connectivity index (χ1n) is 7.59. The molecule has 0 radical (unpaired) electrons. The summed E-state index contributed by atoms with van der Waals surface area (Å²) < 4.78 is 0. The Morgan fingerprint density at radius 2 is 2.10 bits per heavy atom. The van der Waals surface area contributed by atoms with Gasteiger partial charge in [-0.25, -0.2) is 0 Å². The molecule has 1 unspecified atom stereocenters. The van der Waals surface area contributed by atoms with Crippen LogP contribution in [0.25, 0.3) is 0 Å². The molecule has 1 amide bonds. The number of aromatic nitrogens is 2. The van der Waals surface area contributed by atoms with Gasteiger partial charge in [-0.15, -0.1) is 0 Å². The predicted molar refractivity (Wildman–Crippen MR) is 79.4 cm³/mol. The number of carbonyl (C=O) groups is 1. The maximum Gasteiger partial charge on any atom is 0.220 e. The van der Waals surface area contributed by atoms with E-state index in [1.165, 1.54) is 25.9 Å². The molecule has 0 bridgehead atoms. The van der Waals surface area contributed by atoms with E-state index in [1.54, 1.807) is 0 Å². The molecule has 1 aliphatic rings. The van der Waals surface area contributed by atoms with Gasteiger partial charge in [0.1, 0.15) is 0 Å². The zero-order chi connectivity index (χ0) is 14.5. The molecular weight excluding hydrogens is 252 g/mol. The first-order valence-corrected chi connectivity index (χ1v) is 7.59. The minimum Gasteiger partial charge on any atom is -0.352 e. The van der Waals surface area contributed by atoms with E-state index in [-0.39, 0.29) is 5.91 Å². The average Bonchev–Trinajstić information content (AvgIpc) is 3.05. The number of nitrogens with one attached hydrogen (secondary N) is 2. The number of likely N-dealkylation sites (tertiary alicyclic amines) is 1. The molecular formula is C15H26N4O. The van der Waals surface area contributed by atoms with Crippen molar-refractivity contribution in [1.82, 2.24) is 20.4 Å². The summed E-state index contributed by atoms with van der Waals surface area (Å²) in [4.78, 5) is 14.4. The number of nitrogens with zero attached hydrogens (tertiary/aromatic N) is 2. The maximum absolute atomic E-state index is 11.9. The lowest BCUT2D eigenvalue weighted by Gasteiger charge is -2.23. The van der Waals surface area contributed by atoms with Crippen LogP contribution < -0.4 is 5.32 Å². The minimum atomic E-state index is 0.135. The van der Waals surface area contributed by atoms with E-state index in [4.69, 9.17) is 0 Å². The summed E-state index contributed by atoms with van der Waals surface area (Å²) in [6.07, 6.45) is 4.15. The molecule has 0 spiro atoms. The molecule has 1 fully saturated rings. The Morgan fingerprint density at radius 3 is 2.70 bits per heavy atom. The highest BCUT2D eigenvalue weighted by Crippen LogP contribution is 2.15. The maximum atomic E-state index is 11.9. The van der Waals surface area contributed by atoms with E-state index < -0.39 is 0 Å². The van der Waals surface area contributed by atoms with Gasteiger partial charge in [0.05, 0.1) is 5.69 Å². The van der Waals surface area contributed by atoms with Crippen LogP contribution in [0.5, 0.6) is 0 Å². The summed E-state index contributed by atoms with van der Waals surface area (Å²) in [6.45, 7) is 9.12. The van der Waals surface area contributed by atoms with E-state index in [9.17, 15) is 4.79 Å². The fraction of sp³-hybridized carbons (Fsp3) is 0.733.